The van der Waals surface area contributed by atoms with Crippen LogP contribution in [-0.2, 0) is 0 Å². The van der Waals surface area contributed by atoms with E-state index in [2.05, 4.69) is 21.9 Å². The molecule has 22 heavy (non-hydrogen) atoms. The molecule has 120 valence electrons. The Bertz CT molecular complexity index is 529. The zero-order valence-corrected chi connectivity index (χ0v) is 13.1. The summed E-state index contributed by atoms with van der Waals surface area (Å²) in [6, 6.07) is -0.155. The first kappa shape index (κ1) is 18.0. The van der Waals surface area contributed by atoms with Crippen LogP contribution in [0.4, 0.5) is 4.48 Å². The van der Waals surface area contributed by atoms with Gasteiger partial charge in [0.25, 0.3) is 0 Å². The third-order valence-electron chi connectivity index (χ3n) is 2.95. The van der Waals surface area contributed by atoms with E-state index in [0.29, 0.717) is 6.54 Å². The monoisotopic (exact) mass is 305 g/mol. The van der Waals surface area contributed by atoms with Gasteiger partial charge in [-0.05, 0) is 25.0 Å². The highest BCUT2D eigenvalue weighted by Gasteiger charge is 2.14. The molecule has 0 aromatic heterocycles. The number of hydrogen-bond acceptors (Lipinski definition) is 5. The Kier molecular flexibility index (Phi) is 8.03. The molecule has 0 aliphatic carbocycles. The molecule has 0 aromatic carbocycles. The van der Waals surface area contributed by atoms with Crippen LogP contribution in [0.5, 0.6) is 0 Å². The third kappa shape index (κ3) is 6.15. The Balaban J connectivity index is 2.72. The molecule has 4 N–H and O–H groups in total. The summed E-state index contributed by atoms with van der Waals surface area (Å²) in [7, 11) is 0. The minimum atomic E-state index is -0.155. The highest BCUT2D eigenvalue weighted by Crippen LogP contribution is 2.12. The first-order valence-corrected chi connectivity index (χ1v) is 7.20. The summed E-state index contributed by atoms with van der Waals surface area (Å²) in [5.74, 6) is 0. The Labute approximate surface area is 131 Å². The lowest BCUT2D eigenvalue weighted by atomic mass is 10.00. The fraction of sp³-hybridized carbons (Fsp3) is 0.375. The van der Waals surface area contributed by atoms with Crippen LogP contribution in [-0.4, -0.2) is 31.2 Å². The Hall–Kier alpha value is -2.05. The molecule has 1 unspecified atom stereocenters. The number of aliphatic imine (C=N–C) groups is 2. The zero-order chi connectivity index (χ0) is 16.4. The van der Waals surface area contributed by atoms with E-state index in [1.807, 2.05) is 32.2 Å². The normalized spacial score (nSPS) is 20.5. The maximum absolute atomic E-state index is 11.9. The van der Waals surface area contributed by atoms with Crippen molar-refractivity contribution in [1.82, 2.24) is 10.9 Å². The molecule has 1 heterocycles. The van der Waals surface area contributed by atoms with Gasteiger partial charge in [0.1, 0.15) is 6.67 Å². The van der Waals surface area contributed by atoms with Gasteiger partial charge in [0.05, 0.1) is 6.04 Å². The van der Waals surface area contributed by atoms with Gasteiger partial charge in [0.15, 0.2) is 0 Å². The van der Waals surface area contributed by atoms with Gasteiger partial charge in [0.2, 0.25) is 0 Å². The molecule has 6 heteroatoms. The second kappa shape index (κ2) is 9.81. The van der Waals surface area contributed by atoms with Crippen LogP contribution in [0.2, 0.25) is 0 Å². The quantitative estimate of drug-likeness (QED) is 0.365. The predicted molar refractivity (Wildman–Crippen MR) is 91.4 cm³/mol. The number of nitrogens with one attached hydrogen (secondary N) is 2. The average Bonchev–Trinajstić information content (AvgIpc) is 2.48. The van der Waals surface area contributed by atoms with E-state index in [4.69, 9.17) is 5.73 Å². The molecule has 1 atom stereocenters. The van der Waals surface area contributed by atoms with Crippen LogP contribution in [0, 0.1) is 0 Å². The first-order valence-electron chi connectivity index (χ1n) is 7.20. The third-order valence-corrected chi connectivity index (χ3v) is 2.95. The summed E-state index contributed by atoms with van der Waals surface area (Å²) in [6.07, 6.45) is 9.80. The number of hydrogen-bond donors (Lipinski definition) is 3. The summed E-state index contributed by atoms with van der Waals surface area (Å²) >= 11 is 0. The van der Waals surface area contributed by atoms with Crippen LogP contribution < -0.4 is 16.6 Å². The van der Waals surface area contributed by atoms with E-state index in [-0.39, 0.29) is 12.7 Å². The van der Waals surface area contributed by atoms with Gasteiger partial charge in [0, 0.05) is 36.4 Å². The second-order valence-corrected chi connectivity index (χ2v) is 4.95. The van der Waals surface area contributed by atoms with Crippen molar-refractivity contribution in [2.24, 2.45) is 15.7 Å². The molecular weight excluding hydrogens is 281 g/mol. The number of nitrogens with zero attached hydrogens (tertiary/aromatic N) is 2. The average molecular weight is 305 g/mol. The SMILES string of the molecule is C=C(C)/C=C(\C=NCNF)CN/C=C1/C(CC)=NC=CC1N. The molecular formula is C16H24FN5. The van der Waals surface area contributed by atoms with Gasteiger partial charge in [-0.1, -0.05) is 25.2 Å². The molecule has 1 rings (SSSR count). The summed E-state index contributed by atoms with van der Waals surface area (Å²) in [5.41, 5.74) is 11.3. The van der Waals surface area contributed by atoms with E-state index in [9.17, 15) is 4.48 Å². The van der Waals surface area contributed by atoms with Crippen molar-refractivity contribution in [3.05, 3.63) is 47.9 Å². The summed E-state index contributed by atoms with van der Waals surface area (Å²) < 4.78 is 11.9. The predicted octanol–water partition coefficient (Wildman–Crippen LogP) is 2.17. The fourth-order valence-corrected chi connectivity index (χ4v) is 2.00. The lowest BCUT2D eigenvalue weighted by molar-refractivity contribution is 0.342. The topological polar surface area (TPSA) is 74.8 Å². The van der Waals surface area contributed by atoms with Gasteiger partial charge >= 0.3 is 0 Å². The number of nitrogens with two attached hydrogens (primary N) is 1. The molecule has 0 saturated heterocycles. The molecule has 0 spiro atoms. The molecule has 1 aliphatic rings. The Morgan fingerprint density at radius 3 is 3.00 bits per heavy atom. The van der Waals surface area contributed by atoms with Crippen LogP contribution in [0.25, 0.3) is 0 Å². The molecule has 5 nitrogen and oxygen atoms in total. The standard InChI is InChI=1S/C16H24FN5/c1-4-16-14(15(18)5-6-21-16)10-19-8-13(7-12(2)3)9-20-11-22-17/h5-7,9-10,15,19,22H,2,4,8,11,18H2,1,3H3/b13-7-,14-10+,20-9?. The van der Waals surface area contributed by atoms with E-state index >= 15 is 0 Å². The minimum absolute atomic E-state index is 0.0725. The van der Waals surface area contributed by atoms with Gasteiger partial charge in [-0.15, -0.1) is 10.0 Å². The largest absolute Gasteiger partial charge is 0.386 e. The van der Waals surface area contributed by atoms with Crippen molar-refractivity contribution < 1.29 is 4.48 Å². The molecule has 0 radical (unpaired) electrons. The maximum Gasteiger partial charge on any atom is 0.116 e. The molecule has 0 saturated carbocycles. The highest BCUT2D eigenvalue weighted by atomic mass is 19.2. The Morgan fingerprint density at radius 1 is 1.59 bits per heavy atom. The minimum Gasteiger partial charge on any atom is -0.386 e. The summed E-state index contributed by atoms with van der Waals surface area (Å²) in [5, 5.41) is 3.21. The van der Waals surface area contributed by atoms with E-state index in [1.165, 1.54) is 5.54 Å². The fourth-order valence-electron chi connectivity index (χ4n) is 2.00. The maximum atomic E-state index is 11.9. The molecule has 0 fully saturated rings. The van der Waals surface area contributed by atoms with Crippen molar-refractivity contribution in [2.45, 2.75) is 26.3 Å². The van der Waals surface area contributed by atoms with E-state index in [0.717, 1.165) is 28.9 Å². The highest BCUT2D eigenvalue weighted by molar-refractivity contribution is 6.02. The lowest BCUT2D eigenvalue weighted by Gasteiger charge is -2.17. The number of allylic oxidation sites excluding steroid dienone is 2. The molecule has 0 bridgehead atoms. The van der Waals surface area contributed by atoms with E-state index in [1.54, 1.807) is 12.4 Å². The van der Waals surface area contributed by atoms with Crippen LogP contribution in [0.3, 0.4) is 0 Å². The van der Waals surface area contributed by atoms with Crippen molar-refractivity contribution >= 4 is 11.9 Å². The van der Waals surface area contributed by atoms with Gasteiger partial charge < -0.3 is 11.1 Å². The van der Waals surface area contributed by atoms with E-state index < -0.39 is 0 Å². The zero-order valence-electron chi connectivity index (χ0n) is 13.1. The first-order chi connectivity index (χ1) is 10.6. The van der Waals surface area contributed by atoms with Gasteiger partial charge in [-0.3, -0.25) is 9.98 Å². The summed E-state index contributed by atoms with van der Waals surface area (Å²) in [6.45, 7) is 8.24. The van der Waals surface area contributed by atoms with Gasteiger partial charge in [-0.2, -0.15) is 0 Å². The van der Waals surface area contributed by atoms with Crippen molar-refractivity contribution in [1.29, 1.82) is 0 Å². The van der Waals surface area contributed by atoms with Crippen molar-refractivity contribution in [3.8, 4) is 0 Å². The molecule has 0 aromatic rings. The van der Waals surface area contributed by atoms with Crippen molar-refractivity contribution in [3.63, 3.8) is 0 Å². The molecule has 0 amide bonds. The van der Waals surface area contributed by atoms with Crippen LogP contribution in [0.15, 0.2) is 57.8 Å². The second-order valence-electron chi connectivity index (χ2n) is 4.95. The van der Waals surface area contributed by atoms with Gasteiger partial charge in [-0.25, -0.2) is 0 Å². The number of rotatable bonds is 8. The molecule has 1 aliphatic heterocycles. The number of halogens is 1. The van der Waals surface area contributed by atoms with Crippen LogP contribution in [0.1, 0.15) is 20.3 Å². The van der Waals surface area contributed by atoms with Crippen molar-refractivity contribution in [2.75, 3.05) is 13.2 Å². The smallest absolute Gasteiger partial charge is 0.116 e. The lowest BCUT2D eigenvalue weighted by Crippen LogP contribution is -2.29. The van der Waals surface area contributed by atoms with Crippen LogP contribution >= 0.6 is 0 Å². The Morgan fingerprint density at radius 2 is 2.36 bits per heavy atom. The summed E-state index contributed by atoms with van der Waals surface area (Å²) in [4.78, 5) is 8.24.